The van der Waals surface area contributed by atoms with E-state index in [0.29, 0.717) is 0 Å². The van der Waals surface area contributed by atoms with Gasteiger partial charge in [0.1, 0.15) is 0 Å². The van der Waals surface area contributed by atoms with Gasteiger partial charge in [-0.25, -0.2) is 0 Å². The molecule has 0 fully saturated rings. The van der Waals surface area contributed by atoms with Gasteiger partial charge >= 0.3 is 0 Å². The van der Waals surface area contributed by atoms with Crippen LogP contribution in [0.1, 0.15) is 5.56 Å². The molecule has 0 N–H and O–H groups in total. The van der Waals surface area contributed by atoms with Gasteiger partial charge in [-0.15, -0.1) is 0 Å². The summed E-state index contributed by atoms with van der Waals surface area (Å²) in [5, 5.41) is 6.65. The first kappa shape index (κ1) is 16.2. The Kier molecular flexibility index (Phi) is 3.85. The maximum absolute atomic E-state index is 4.44. The molecule has 0 aromatic heterocycles. The van der Waals surface area contributed by atoms with Crippen molar-refractivity contribution in [3.05, 3.63) is 89.3 Å². The Balaban J connectivity index is 2.20. The molecular weight excluding hydrogens is 314 g/mol. The highest BCUT2D eigenvalue weighted by atomic mass is 15.1. The van der Waals surface area contributed by atoms with Gasteiger partial charge in [-0.3, -0.25) is 0 Å². The van der Waals surface area contributed by atoms with Gasteiger partial charge in [0, 0.05) is 18.1 Å². The summed E-state index contributed by atoms with van der Waals surface area (Å²) in [7, 11) is 2.09. The van der Waals surface area contributed by atoms with Gasteiger partial charge in [0.2, 0.25) is 0 Å². The molecule has 0 unspecified atom stereocenters. The number of hydrogen-bond acceptors (Lipinski definition) is 1. The van der Waals surface area contributed by atoms with Gasteiger partial charge in [0.05, 0.1) is 5.69 Å². The molecule has 0 aliphatic heterocycles. The summed E-state index contributed by atoms with van der Waals surface area (Å²) in [5.74, 6) is 0. The Morgan fingerprint density at radius 3 is 2.00 bits per heavy atom. The summed E-state index contributed by atoms with van der Waals surface area (Å²) in [6, 6.07) is 23.0. The van der Waals surface area contributed by atoms with Crippen LogP contribution >= 0.6 is 0 Å². The number of anilines is 2. The molecule has 0 spiro atoms. The molecule has 26 heavy (non-hydrogen) atoms. The van der Waals surface area contributed by atoms with E-state index in [1.807, 2.05) is 12.1 Å². The Morgan fingerprint density at radius 2 is 1.35 bits per heavy atom. The zero-order chi connectivity index (χ0) is 18.3. The molecule has 1 nitrogen and oxygen atoms in total. The molecular formula is C25H21N. The van der Waals surface area contributed by atoms with Crippen molar-refractivity contribution in [1.82, 2.24) is 0 Å². The van der Waals surface area contributed by atoms with Gasteiger partial charge in [-0.1, -0.05) is 80.4 Å². The average molecular weight is 335 g/mol. The van der Waals surface area contributed by atoms with Crippen molar-refractivity contribution in [2.24, 2.45) is 0 Å². The third kappa shape index (κ3) is 2.33. The van der Waals surface area contributed by atoms with Gasteiger partial charge in [0.25, 0.3) is 0 Å². The van der Waals surface area contributed by atoms with E-state index in [0.717, 1.165) is 48.9 Å². The second-order valence-electron chi connectivity index (χ2n) is 6.53. The largest absolute Gasteiger partial charge is 0.344 e. The van der Waals surface area contributed by atoms with Gasteiger partial charge < -0.3 is 4.90 Å². The minimum atomic E-state index is 1.03. The maximum atomic E-state index is 4.44. The minimum Gasteiger partial charge on any atom is -0.344 e. The van der Waals surface area contributed by atoms with Crippen LogP contribution in [0.2, 0.25) is 0 Å². The van der Waals surface area contributed by atoms with Crippen LogP contribution < -0.4 is 15.3 Å². The van der Waals surface area contributed by atoms with Crippen LogP contribution in [0.15, 0.2) is 73.3 Å². The lowest BCUT2D eigenvalue weighted by Crippen LogP contribution is -2.18. The highest BCUT2D eigenvalue weighted by molar-refractivity contribution is 6.07. The topological polar surface area (TPSA) is 3.24 Å². The molecule has 1 heteroatoms. The second kappa shape index (κ2) is 6.20. The summed E-state index contributed by atoms with van der Waals surface area (Å²) in [4.78, 5) is 2.21. The third-order valence-corrected chi connectivity index (χ3v) is 5.11. The zero-order valence-electron chi connectivity index (χ0n) is 15.0. The van der Waals surface area contributed by atoms with Gasteiger partial charge in [-0.05, 0) is 44.3 Å². The van der Waals surface area contributed by atoms with Crippen molar-refractivity contribution in [1.29, 1.82) is 0 Å². The smallest absolute Gasteiger partial charge is 0.0567 e. The fourth-order valence-corrected chi connectivity index (χ4v) is 3.76. The van der Waals surface area contributed by atoms with Crippen molar-refractivity contribution in [3.8, 4) is 0 Å². The number of fused-ring (bicyclic) bond motifs is 2. The minimum absolute atomic E-state index is 1.03. The molecule has 4 aromatic rings. The molecule has 4 rings (SSSR count). The van der Waals surface area contributed by atoms with Gasteiger partial charge in [-0.2, -0.15) is 0 Å². The van der Waals surface area contributed by atoms with Crippen molar-refractivity contribution in [2.75, 3.05) is 11.9 Å². The summed E-state index contributed by atoms with van der Waals surface area (Å²) in [6.45, 7) is 12.8. The van der Waals surface area contributed by atoms with E-state index in [1.165, 1.54) is 0 Å². The number of nitrogens with zero attached hydrogens (tertiary/aromatic N) is 1. The number of para-hydroxylation sites is 1. The quantitative estimate of drug-likeness (QED) is 0.464. The van der Waals surface area contributed by atoms with E-state index >= 15 is 0 Å². The number of hydrogen-bond donors (Lipinski definition) is 0. The lowest BCUT2D eigenvalue weighted by Gasteiger charge is -2.24. The van der Waals surface area contributed by atoms with Crippen molar-refractivity contribution < 1.29 is 0 Å². The van der Waals surface area contributed by atoms with Crippen LogP contribution in [0, 0.1) is 0 Å². The van der Waals surface area contributed by atoms with Crippen LogP contribution in [0.4, 0.5) is 11.4 Å². The SMILES string of the molecule is C=Cc1ccc2c(=C)c3ccccc3c(=C)c2c1N(C)c1ccccc1. The Morgan fingerprint density at radius 1 is 0.731 bits per heavy atom. The van der Waals surface area contributed by atoms with Crippen LogP contribution in [0.25, 0.3) is 40.8 Å². The lowest BCUT2D eigenvalue weighted by molar-refractivity contribution is 1.22. The Hall–Kier alpha value is -3.32. The van der Waals surface area contributed by atoms with E-state index < -0.39 is 0 Å². The Bertz CT molecular complexity index is 1240. The van der Waals surface area contributed by atoms with Crippen molar-refractivity contribution >= 4 is 52.2 Å². The fourth-order valence-electron chi connectivity index (χ4n) is 3.76. The number of benzene rings is 4. The predicted octanol–water partition coefficient (Wildman–Crippen LogP) is 5.22. The fraction of sp³-hybridized carbons (Fsp3) is 0.0400. The maximum Gasteiger partial charge on any atom is 0.0567 e. The van der Waals surface area contributed by atoms with E-state index in [9.17, 15) is 0 Å². The molecule has 0 aliphatic carbocycles. The molecule has 0 amide bonds. The molecule has 4 aromatic carbocycles. The van der Waals surface area contributed by atoms with E-state index in [2.05, 4.69) is 92.3 Å². The van der Waals surface area contributed by atoms with Crippen LogP contribution in [0.3, 0.4) is 0 Å². The Labute approximate surface area is 153 Å². The third-order valence-electron chi connectivity index (χ3n) is 5.11. The van der Waals surface area contributed by atoms with Gasteiger partial charge in [0.15, 0.2) is 0 Å². The second-order valence-corrected chi connectivity index (χ2v) is 6.53. The first-order chi connectivity index (χ1) is 12.6. The highest BCUT2D eigenvalue weighted by Crippen LogP contribution is 2.33. The average Bonchev–Trinajstić information content (AvgIpc) is 2.71. The van der Waals surface area contributed by atoms with E-state index in [4.69, 9.17) is 0 Å². The summed E-state index contributed by atoms with van der Waals surface area (Å²) >= 11 is 0. The summed E-state index contributed by atoms with van der Waals surface area (Å²) in [6.07, 6.45) is 1.91. The molecule has 0 aliphatic rings. The molecule has 0 heterocycles. The molecule has 0 saturated carbocycles. The lowest BCUT2D eigenvalue weighted by atomic mass is 9.95. The predicted molar refractivity (Wildman–Crippen MR) is 116 cm³/mol. The normalized spacial score (nSPS) is 11.0. The molecule has 0 bridgehead atoms. The first-order valence-corrected chi connectivity index (χ1v) is 8.70. The monoisotopic (exact) mass is 335 g/mol. The van der Waals surface area contributed by atoms with Crippen LogP contribution in [-0.2, 0) is 0 Å². The molecule has 0 saturated heterocycles. The zero-order valence-corrected chi connectivity index (χ0v) is 15.0. The summed E-state index contributed by atoms with van der Waals surface area (Å²) in [5.41, 5.74) is 3.33. The van der Waals surface area contributed by atoms with Crippen LogP contribution in [-0.4, -0.2) is 7.05 Å². The standard InChI is InChI=1S/C25H21N/c1-5-19-15-16-23-17(2)21-13-9-10-14-22(21)18(3)24(23)25(19)26(4)20-11-7-6-8-12-20/h5-16H,1-3H2,4H3. The molecule has 0 radical (unpaired) electrons. The molecule has 0 atom stereocenters. The van der Waals surface area contributed by atoms with E-state index in [-0.39, 0.29) is 0 Å². The van der Waals surface area contributed by atoms with E-state index in [1.54, 1.807) is 0 Å². The molecule has 126 valence electrons. The van der Waals surface area contributed by atoms with Crippen molar-refractivity contribution in [2.45, 2.75) is 0 Å². The van der Waals surface area contributed by atoms with Crippen molar-refractivity contribution in [3.63, 3.8) is 0 Å². The summed E-state index contributed by atoms with van der Waals surface area (Å²) < 4.78 is 0. The van der Waals surface area contributed by atoms with Crippen LogP contribution in [0.5, 0.6) is 0 Å². The highest BCUT2D eigenvalue weighted by Gasteiger charge is 2.15. The first-order valence-electron chi connectivity index (χ1n) is 8.70. The number of rotatable bonds is 3.